The van der Waals surface area contributed by atoms with Gasteiger partial charge in [-0.05, 0) is 42.4 Å². The minimum absolute atomic E-state index is 0.451. The highest BCUT2D eigenvalue weighted by molar-refractivity contribution is 5.03. The standard InChI is InChI=1S/C12H22O2/c1-12(2)10-5-4-9(11(12)6-10)7-14-8-13-3/h9-11H,4-8H2,1-3H3/t9?,10-,11-/m1/s1. The average Bonchev–Trinajstić information content (AvgIpc) is 2.18. The van der Waals surface area contributed by atoms with E-state index in [-0.39, 0.29) is 0 Å². The first-order chi connectivity index (χ1) is 6.66. The van der Waals surface area contributed by atoms with E-state index >= 15 is 0 Å². The molecule has 3 aliphatic rings. The second-order valence-electron chi connectivity index (χ2n) is 5.48. The number of fused-ring (bicyclic) bond motifs is 2. The van der Waals surface area contributed by atoms with Crippen molar-refractivity contribution in [2.45, 2.75) is 33.1 Å². The third-order valence-electron chi connectivity index (χ3n) is 4.53. The first kappa shape index (κ1) is 10.4. The van der Waals surface area contributed by atoms with E-state index in [1.165, 1.54) is 19.3 Å². The van der Waals surface area contributed by atoms with Crippen molar-refractivity contribution in [1.82, 2.24) is 0 Å². The molecule has 2 heteroatoms. The molecular weight excluding hydrogens is 176 g/mol. The van der Waals surface area contributed by atoms with Crippen molar-refractivity contribution in [3.05, 3.63) is 0 Å². The zero-order valence-corrected chi connectivity index (χ0v) is 9.58. The molecule has 0 aliphatic heterocycles. The first-order valence-corrected chi connectivity index (χ1v) is 5.73. The van der Waals surface area contributed by atoms with Gasteiger partial charge < -0.3 is 9.47 Å². The number of hydrogen-bond acceptors (Lipinski definition) is 2. The molecule has 2 bridgehead atoms. The van der Waals surface area contributed by atoms with Gasteiger partial charge in [-0.15, -0.1) is 0 Å². The Kier molecular flexibility index (Phi) is 2.85. The van der Waals surface area contributed by atoms with E-state index in [1.54, 1.807) is 7.11 Å². The van der Waals surface area contributed by atoms with Gasteiger partial charge in [0.1, 0.15) is 6.79 Å². The predicted octanol–water partition coefficient (Wildman–Crippen LogP) is 2.68. The number of ether oxygens (including phenoxy) is 2. The lowest BCUT2D eigenvalue weighted by molar-refractivity contribution is -0.139. The molecule has 3 aliphatic carbocycles. The summed E-state index contributed by atoms with van der Waals surface area (Å²) in [6.07, 6.45) is 4.21. The van der Waals surface area contributed by atoms with E-state index in [0.29, 0.717) is 12.2 Å². The van der Waals surface area contributed by atoms with Gasteiger partial charge in [0.25, 0.3) is 0 Å². The number of methoxy groups -OCH3 is 1. The SMILES string of the molecule is COCOCC1CC[C@@H]2C[C@H]1C2(C)C. The van der Waals surface area contributed by atoms with Crippen LogP contribution in [0.3, 0.4) is 0 Å². The van der Waals surface area contributed by atoms with Crippen LogP contribution < -0.4 is 0 Å². The second-order valence-corrected chi connectivity index (χ2v) is 5.48. The van der Waals surface area contributed by atoms with Crippen molar-refractivity contribution in [2.24, 2.45) is 23.2 Å². The van der Waals surface area contributed by atoms with Crippen LogP contribution in [-0.2, 0) is 9.47 Å². The van der Waals surface area contributed by atoms with Gasteiger partial charge in [-0.3, -0.25) is 0 Å². The van der Waals surface area contributed by atoms with Crippen LogP contribution in [0.2, 0.25) is 0 Å². The summed E-state index contributed by atoms with van der Waals surface area (Å²) in [6, 6.07) is 0. The van der Waals surface area contributed by atoms with Gasteiger partial charge in [0, 0.05) is 7.11 Å². The summed E-state index contributed by atoms with van der Waals surface area (Å²) in [4.78, 5) is 0. The Balaban J connectivity index is 1.82. The maximum Gasteiger partial charge on any atom is 0.146 e. The minimum Gasteiger partial charge on any atom is -0.359 e. The lowest BCUT2D eigenvalue weighted by Gasteiger charge is -2.60. The van der Waals surface area contributed by atoms with E-state index in [1.807, 2.05) is 0 Å². The Bertz CT molecular complexity index is 198. The Labute approximate surface area is 87.0 Å². The summed E-state index contributed by atoms with van der Waals surface area (Å²) >= 11 is 0. The molecule has 3 saturated carbocycles. The summed E-state index contributed by atoms with van der Waals surface area (Å²) in [7, 11) is 1.68. The summed E-state index contributed by atoms with van der Waals surface area (Å²) in [5, 5.41) is 0. The van der Waals surface area contributed by atoms with E-state index < -0.39 is 0 Å². The second kappa shape index (κ2) is 3.82. The van der Waals surface area contributed by atoms with Crippen molar-refractivity contribution in [1.29, 1.82) is 0 Å². The lowest BCUT2D eigenvalue weighted by atomic mass is 9.46. The van der Waals surface area contributed by atoms with E-state index in [0.717, 1.165) is 24.4 Å². The van der Waals surface area contributed by atoms with Gasteiger partial charge in [0.15, 0.2) is 0 Å². The Morgan fingerprint density at radius 3 is 2.64 bits per heavy atom. The zero-order valence-electron chi connectivity index (χ0n) is 9.58. The molecule has 0 aromatic rings. The molecular formula is C12H22O2. The van der Waals surface area contributed by atoms with Crippen LogP contribution in [0.15, 0.2) is 0 Å². The molecule has 0 N–H and O–H groups in total. The molecule has 3 rings (SSSR count). The zero-order chi connectivity index (χ0) is 10.2. The van der Waals surface area contributed by atoms with Gasteiger partial charge in [0.05, 0.1) is 6.61 Å². The van der Waals surface area contributed by atoms with Crippen molar-refractivity contribution >= 4 is 0 Å². The summed E-state index contributed by atoms with van der Waals surface area (Å²) in [6.45, 7) is 6.20. The molecule has 0 saturated heterocycles. The van der Waals surface area contributed by atoms with Crippen LogP contribution >= 0.6 is 0 Å². The third-order valence-corrected chi connectivity index (χ3v) is 4.53. The molecule has 0 radical (unpaired) electrons. The number of rotatable bonds is 4. The first-order valence-electron chi connectivity index (χ1n) is 5.73. The van der Waals surface area contributed by atoms with Crippen LogP contribution in [0.25, 0.3) is 0 Å². The largest absolute Gasteiger partial charge is 0.359 e. The topological polar surface area (TPSA) is 18.5 Å². The minimum atomic E-state index is 0.451. The maximum atomic E-state index is 5.49. The fraction of sp³-hybridized carbons (Fsp3) is 1.00. The van der Waals surface area contributed by atoms with Crippen LogP contribution in [0.5, 0.6) is 0 Å². The fourth-order valence-corrected chi connectivity index (χ4v) is 3.44. The normalized spacial score (nSPS) is 39.2. The highest BCUT2D eigenvalue weighted by atomic mass is 16.7. The Morgan fingerprint density at radius 2 is 2.07 bits per heavy atom. The van der Waals surface area contributed by atoms with E-state index in [9.17, 15) is 0 Å². The van der Waals surface area contributed by atoms with Crippen molar-refractivity contribution in [2.75, 3.05) is 20.5 Å². The molecule has 0 aromatic carbocycles. The molecule has 2 nitrogen and oxygen atoms in total. The van der Waals surface area contributed by atoms with Crippen LogP contribution in [0.4, 0.5) is 0 Å². The summed E-state index contributed by atoms with van der Waals surface area (Å²) < 4.78 is 10.4. The van der Waals surface area contributed by atoms with Crippen LogP contribution in [0, 0.1) is 23.2 Å². The molecule has 0 spiro atoms. The maximum absolute atomic E-state index is 5.49. The molecule has 3 fully saturated rings. The van der Waals surface area contributed by atoms with Gasteiger partial charge in [0.2, 0.25) is 0 Å². The van der Waals surface area contributed by atoms with Gasteiger partial charge in [-0.1, -0.05) is 13.8 Å². The lowest BCUT2D eigenvalue weighted by Crippen LogP contribution is -2.53. The molecule has 0 amide bonds. The van der Waals surface area contributed by atoms with E-state index in [2.05, 4.69) is 13.8 Å². The quantitative estimate of drug-likeness (QED) is 0.511. The predicted molar refractivity (Wildman–Crippen MR) is 55.9 cm³/mol. The van der Waals surface area contributed by atoms with Crippen molar-refractivity contribution < 1.29 is 9.47 Å². The molecule has 0 aromatic heterocycles. The molecule has 1 unspecified atom stereocenters. The summed E-state index contributed by atoms with van der Waals surface area (Å²) in [5.74, 6) is 2.68. The monoisotopic (exact) mass is 198 g/mol. The molecule has 0 heterocycles. The highest BCUT2D eigenvalue weighted by Crippen LogP contribution is 2.61. The molecule has 3 atom stereocenters. The smallest absolute Gasteiger partial charge is 0.146 e. The van der Waals surface area contributed by atoms with Gasteiger partial charge in [-0.2, -0.15) is 0 Å². The van der Waals surface area contributed by atoms with E-state index in [4.69, 9.17) is 9.47 Å². The fourth-order valence-electron chi connectivity index (χ4n) is 3.44. The van der Waals surface area contributed by atoms with Gasteiger partial charge in [-0.25, -0.2) is 0 Å². The molecule has 14 heavy (non-hydrogen) atoms. The van der Waals surface area contributed by atoms with Gasteiger partial charge >= 0.3 is 0 Å². The summed E-state index contributed by atoms with van der Waals surface area (Å²) in [5.41, 5.74) is 0.583. The molecule has 82 valence electrons. The Morgan fingerprint density at radius 1 is 1.29 bits per heavy atom. The average molecular weight is 198 g/mol. The van der Waals surface area contributed by atoms with Crippen LogP contribution in [-0.4, -0.2) is 20.5 Å². The Hall–Kier alpha value is -0.0800. The van der Waals surface area contributed by atoms with Crippen molar-refractivity contribution in [3.63, 3.8) is 0 Å². The number of hydrogen-bond donors (Lipinski definition) is 0. The third kappa shape index (κ3) is 1.59. The van der Waals surface area contributed by atoms with Crippen LogP contribution in [0.1, 0.15) is 33.1 Å². The highest BCUT2D eigenvalue weighted by Gasteiger charge is 2.53. The van der Waals surface area contributed by atoms with Crippen molar-refractivity contribution in [3.8, 4) is 0 Å².